The number of aryl methyl sites for hydroxylation is 2. The van der Waals surface area contributed by atoms with Crippen LogP contribution in [0.25, 0.3) is 10.9 Å². The van der Waals surface area contributed by atoms with Gasteiger partial charge < -0.3 is 14.4 Å². The molecule has 1 amide bonds. The number of esters is 1. The fourth-order valence-electron chi connectivity index (χ4n) is 3.21. The van der Waals surface area contributed by atoms with Gasteiger partial charge in [-0.15, -0.1) is 11.3 Å². The van der Waals surface area contributed by atoms with Crippen molar-refractivity contribution in [2.45, 2.75) is 20.4 Å². The van der Waals surface area contributed by atoms with E-state index in [9.17, 15) is 9.59 Å². The van der Waals surface area contributed by atoms with Crippen LogP contribution in [-0.4, -0.2) is 48.6 Å². The van der Waals surface area contributed by atoms with Crippen LogP contribution in [0.1, 0.15) is 26.5 Å². The molecule has 2 aromatic heterocycles. The minimum absolute atomic E-state index is 0.257. The Bertz CT molecular complexity index is 1000. The number of fused-ring (bicyclic) bond motifs is 1. The minimum atomic E-state index is -0.533. The third-order valence-corrected chi connectivity index (χ3v) is 5.57. The molecule has 0 spiro atoms. The van der Waals surface area contributed by atoms with Crippen LogP contribution in [0.5, 0.6) is 0 Å². The summed E-state index contributed by atoms with van der Waals surface area (Å²) in [7, 11) is 1.59. The second kappa shape index (κ2) is 9.62. The molecule has 0 atom stereocenters. The van der Waals surface area contributed by atoms with Gasteiger partial charge >= 0.3 is 5.97 Å². The Morgan fingerprint density at radius 1 is 1.14 bits per heavy atom. The molecule has 152 valence electrons. The zero-order valence-electron chi connectivity index (χ0n) is 16.8. The maximum absolute atomic E-state index is 12.7. The van der Waals surface area contributed by atoms with Crippen LogP contribution >= 0.6 is 11.3 Å². The van der Waals surface area contributed by atoms with Gasteiger partial charge in [0.05, 0.1) is 29.9 Å². The van der Waals surface area contributed by atoms with E-state index in [1.165, 1.54) is 0 Å². The molecule has 0 aliphatic carbocycles. The zero-order valence-corrected chi connectivity index (χ0v) is 17.6. The van der Waals surface area contributed by atoms with Gasteiger partial charge in [-0.1, -0.05) is 24.3 Å². The van der Waals surface area contributed by atoms with Crippen molar-refractivity contribution < 1.29 is 19.1 Å². The highest BCUT2D eigenvalue weighted by Gasteiger charge is 2.21. The topological polar surface area (TPSA) is 68.7 Å². The van der Waals surface area contributed by atoms with E-state index >= 15 is 0 Å². The predicted molar refractivity (Wildman–Crippen MR) is 113 cm³/mol. The normalized spacial score (nSPS) is 10.9. The van der Waals surface area contributed by atoms with Gasteiger partial charge in [-0.2, -0.15) is 0 Å². The van der Waals surface area contributed by atoms with Crippen LogP contribution in [0.3, 0.4) is 0 Å². The molecule has 0 aliphatic heterocycles. The van der Waals surface area contributed by atoms with E-state index in [0.717, 1.165) is 21.3 Å². The molecule has 6 nitrogen and oxygen atoms in total. The molecule has 29 heavy (non-hydrogen) atoms. The number of amides is 1. The minimum Gasteiger partial charge on any atom is -0.452 e. The van der Waals surface area contributed by atoms with Crippen molar-refractivity contribution in [1.82, 2.24) is 9.88 Å². The maximum atomic E-state index is 12.7. The highest BCUT2D eigenvalue weighted by atomic mass is 32.1. The Kier molecular flexibility index (Phi) is 6.95. The van der Waals surface area contributed by atoms with Crippen LogP contribution in [0, 0.1) is 13.8 Å². The van der Waals surface area contributed by atoms with Crippen LogP contribution < -0.4 is 0 Å². The molecule has 0 radical (unpaired) electrons. The Hall–Kier alpha value is -2.77. The van der Waals surface area contributed by atoms with Gasteiger partial charge in [-0.05, 0) is 36.9 Å². The second-order valence-electron chi connectivity index (χ2n) is 6.68. The molecule has 0 fully saturated rings. The lowest BCUT2D eigenvalue weighted by Gasteiger charge is -2.22. The van der Waals surface area contributed by atoms with Gasteiger partial charge in [0, 0.05) is 23.9 Å². The van der Waals surface area contributed by atoms with Gasteiger partial charge in [-0.25, -0.2) is 4.79 Å². The average molecular weight is 413 g/mol. The lowest BCUT2D eigenvalue weighted by Crippen LogP contribution is -2.36. The summed E-state index contributed by atoms with van der Waals surface area (Å²) in [5, 5.41) is 2.86. The Morgan fingerprint density at radius 2 is 1.93 bits per heavy atom. The first-order valence-electron chi connectivity index (χ1n) is 9.33. The number of carbonyl (C=O) groups excluding carboxylic acids is 2. The van der Waals surface area contributed by atoms with Gasteiger partial charge in [0.15, 0.2) is 6.61 Å². The first kappa shape index (κ1) is 21.0. The second-order valence-corrected chi connectivity index (χ2v) is 7.71. The number of pyridine rings is 1. The smallest absolute Gasteiger partial charge is 0.340 e. The number of carbonyl (C=O) groups is 2. The van der Waals surface area contributed by atoms with Gasteiger partial charge in [-0.3, -0.25) is 9.78 Å². The number of rotatable bonds is 8. The van der Waals surface area contributed by atoms with Crippen molar-refractivity contribution in [1.29, 1.82) is 0 Å². The van der Waals surface area contributed by atoms with Crippen LogP contribution in [0.2, 0.25) is 0 Å². The Labute approximate surface area is 174 Å². The summed E-state index contributed by atoms with van der Waals surface area (Å²) in [6.45, 7) is 4.64. The van der Waals surface area contributed by atoms with Crippen LogP contribution in [0.4, 0.5) is 0 Å². The Morgan fingerprint density at radius 3 is 2.66 bits per heavy atom. The number of ether oxygens (including phenoxy) is 2. The number of thiophene rings is 1. The van der Waals surface area contributed by atoms with Gasteiger partial charge in [0.2, 0.25) is 0 Å². The predicted octanol–water partition coefficient (Wildman–Crippen LogP) is 3.75. The van der Waals surface area contributed by atoms with Crippen molar-refractivity contribution >= 4 is 34.1 Å². The van der Waals surface area contributed by atoms with E-state index in [1.807, 2.05) is 48.7 Å². The number of hydrogen-bond acceptors (Lipinski definition) is 6. The van der Waals surface area contributed by atoms with E-state index in [-0.39, 0.29) is 12.5 Å². The fraction of sp³-hybridized carbons (Fsp3) is 0.318. The third-order valence-electron chi connectivity index (χ3n) is 4.71. The average Bonchev–Trinajstić information content (AvgIpc) is 3.22. The molecule has 3 rings (SSSR count). The number of para-hydroxylation sites is 1. The first-order valence-corrected chi connectivity index (χ1v) is 10.2. The van der Waals surface area contributed by atoms with Crippen molar-refractivity contribution in [3.8, 4) is 0 Å². The fourth-order valence-corrected chi connectivity index (χ4v) is 3.93. The molecule has 3 aromatic rings. The zero-order chi connectivity index (χ0) is 20.8. The lowest BCUT2D eigenvalue weighted by molar-refractivity contribution is -0.135. The molecule has 0 saturated carbocycles. The van der Waals surface area contributed by atoms with Crippen molar-refractivity contribution in [2.75, 3.05) is 26.9 Å². The van der Waals surface area contributed by atoms with Crippen molar-refractivity contribution in [3.05, 3.63) is 63.5 Å². The van der Waals surface area contributed by atoms with Crippen LogP contribution in [0.15, 0.2) is 41.8 Å². The summed E-state index contributed by atoms with van der Waals surface area (Å²) >= 11 is 1.58. The summed E-state index contributed by atoms with van der Waals surface area (Å²) in [5.41, 5.74) is 2.64. The van der Waals surface area contributed by atoms with E-state index in [0.29, 0.717) is 31.0 Å². The standard InChI is InChI=1S/C22H24N2O4S/c1-15-18-8-4-5-9-19(18)23-16(2)21(15)22(26)28-14-20(25)24(10-11-27-3)13-17-7-6-12-29-17/h4-9,12H,10-11,13-14H2,1-3H3. The van der Waals surface area contributed by atoms with E-state index < -0.39 is 5.97 Å². The maximum Gasteiger partial charge on any atom is 0.340 e. The number of methoxy groups -OCH3 is 1. The number of aromatic nitrogens is 1. The van der Waals surface area contributed by atoms with E-state index in [4.69, 9.17) is 9.47 Å². The molecule has 2 heterocycles. The van der Waals surface area contributed by atoms with Crippen molar-refractivity contribution in [2.24, 2.45) is 0 Å². The highest BCUT2D eigenvalue weighted by Crippen LogP contribution is 2.23. The molecule has 0 bridgehead atoms. The number of hydrogen-bond donors (Lipinski definition) is 0. The Balaban J connectivity index is 1.71. The summed E-state index contributed by atoms with van der Waals surface area (Å²) in [5.74, 6) is -0.790. The molecular formula is C22H24N2O4S. The number of benzene rings is 1. The van der Waals surface area contributed by atoms with E-state index in [2.05, 4.69) is 4.98 Å². The highest BCUT2D eigenvalue weighted by molar-refractivity contribution is 7.09. The third kappa shape index (κ3) is 4.99. The SMILES string of the molecule is COCCN(Cc1cccs1)C(=O)COC(=O)c1c(C)nc2ccccc2c1C. The quantitative estimate of drug-likeness (QED) is 0.527. The molecule has 0 aliphatic rings. The monoisotopic (exact) mass is 412 g/mol. The lowest BCUT2D eigenvalue weighted by atomic mass is 10.0. The summed E-state index contributed by atoms with van der Waals surface area (Å²) < 4.78 is 10.5. The van der Waals surface area contributed by atoms with Gasteiger partial charge in [0.1, 0.15) is 0 Å². The summed E-state index contributed by atoms with van der Waals surface area (Å²) in [6, 6.07) is 11.6. The van der Waals surface area contributed by atoms with E-state index in [1.54, 1.807) is 30.3 Å². The molecule has 0 unspecified atom stereocenters. The summed E-state index contributed by atoms with van der Waals surface area (Å²) in [4.78, 5) is 32.6. The van der Waals surface area contributed by atoms with Crippen LogP contribution in [-0.2, 0) is 20.8 Å². The molecule has 0 saturated heterocycles. The molecule has 1 aromatic carbocycles. The largest absolute Gasteiger partial charge is 0.452 e. The van der Waals surface area contributed by atoms with Crippen molar-refractivity contribution in [3.63, 3.8) is 0 Å². The first-order chi connectivity index (χ1) is 14.0. The molecule has 7 heteroatoms. The summed E-state index contributed by atoms with van der Waals surface area (Å²) in [6.07, 6.45) is 0. The molecule has 0 N–H and O–H groups in total. The number of nitrogens with zero attached hydrogens (tertiary/aromatic N) is 2. The molecular weight excluding hydrogens is 388 g/mol. The van der Waals surface area contributed by atoms with Gasteiger partial charge in [0.25, 0.3) is 5.91 Å².